The number of nitrogens with one attached hydrogen (secondary N) is 2. The van der Waals surface area contributed by atoms with Crippen LogP contribution in [0.1, 0.15) is 43.0 Å². The normalized spacial score (nSPS) is 15.4. The molecule has 0 spiro atoms. The van der Waals surface area contributed by atoms with Gasteiger partial charge in [0.05, 0.1) is 11.4 Å². The zero-order valence-electron chi connectivity index (χ0n) is 11.5. The summed E-state index contributed by atoms with van der Waals surface area (Å²) in [6.07, 6.45) is 5.26. The molecule has 1 fully saturated rings. The van der Waals surface area contributed by atoms with Crippen molar-refractivity contribution in [2.75, 3.05) is 24.1 Å². The minimum atomic E-state index is -0.0496. The minimum Gasteiger partial charge on any atom is -0.397 e. The number of carbonyl (C=O) groups is 1. The van der Waals surface area contributed by atoms with Crippen molar-refractivity contribution in [2.24, 2.45) is 5.92 Å². The van der Waals surface area contributed by atoms with Crippen LogP contribution in [0.5, 0.6) is 0 Å². The molecule has 19 heavy (non-hydrogen) atoms. The highest BCUT2D eigenvalue weighted by Gasteiger charge is 2.15. The highest BCUT2D eigenvalue weighted by molar-refractivity contribution is 5.96. The number of amides is 1. The van der Waals surface area contributed by atoms with Gasteiger partial charge in [0.2, 0.25) is 0 Å². The van der Waals surface area contributed by atoms with Gasteiger partial charge in [-0.05, 0) is 43.9 Å². The Bertz CT molecular complexity index is 439. The van der Waals surface area contributed by atoms with E-state index >= 15 is 0 Å². The fraction of sp³-hybridized carbons (Fsp3) is 0.533. The summed E-state index contributed by atoms with van der Waals surface area (Å²) in [4.78, 5) is 11.8. The molecule has 4 nitrogen and oxygen atoms in total. The maximum Gasteiger partial charge on any atom is 0.251 e. The summed E-state index contributed by atoms with van der Waals surface area (Å²) in [5.74, 6) is 0.693. The predicted octanol–water partition coefficient (Wildman–Crippen LogP) is 2.62. The summed E-state index contributed by atoms with van der Waals surface area (Å²) in [5.41, 5.74) is 8.18. The maximum absolute atomic E-state index is 11.8. The lowest BCUT2D eigenvalue weighted by atomic mass is 10.1. The van der Waals surface area contributed by atoms with Crippen molar-refractivity contribution < 1.29 is 4.79 Å². The van der Waals surface area contributed by atoms with Crippen LogP contribution >= 0.6 is 0 Å². The molecule has 0 saturated heterocycles. The van der Waals surface area contributed by atoms with E-state index in [-0.39, 0.29) is 5.91 Å². The third-order valence-electron chi connectivity index (χ3n) is 3.71. The van der Waals surface area contributed by atoms with Gasteiger partial charge in [0.1, 0.15) is 0 Å². The first-order valence-corrected chi connectivity index (χ1v) is 7.12. The largest absolute Gasteiger partial charge is 0.397 e. The number of rotatable bonds is 5. The molecule has 4 N–H and O–H groups in total. The van der Waals surface area contributed by atoms with Gasteiger partial charge in [0.15, 0.2) is 0 Å². The minimum absolute atomic E-state index is 0.0496. The third kappa shape index (κ3) is 3.63. The Morgan fingerprint density at radius 3 is 2.79 bits per heavy atom. The van der Waals surface area contributed by atoms with Gasteiger partial charge in [0.25, 0.3) is 5.91 Å². The Hall–Kier alpha value is -1.71. The molecule has 1 amide bonds. The van der Waals surface area contributed by atoms with Crippen LogP contribution in [-0.4, -0.2) is 19.0 Å². The van der Waals surface area contributed by atoms with Crippen LogP contribution in [0.4, 0.5) is 11.4 Å². The first kappa shape index (κ1) is 13.7. The van der Waals surface area contributed by atoms with Gasteiger partial charge in [-0.1, -0.05) is 12.8 Å². The van der Waals surface area contributed by atoms with Crippen molar-refractivity contribution in [2.45, 2.75) is 32.6 Å². The number of carbonyl (C=O) groups excluding carboxylic acids is 1. The zero-order chi connectivity index (χ0) is 13.7. The van der Waals surface area contributed by atoms with E-state index in [2.05, 4.69) is 10.6 Å². The number of hydrogen-bond donors (Lipinski definition) is 3. The topological polar surface area (TPSA) is 67.2 Å². The maximum atomic E-state index is 11.8. The Morgan fingerprint density at radius 1 is 1.37 bits per heavy atom. The fourth-order valence-electron chi connectivity index (χ4n) is 2.58. The van der Waals surface area contributed by atoms with E-state index in [1.165, 1.54) is 25.7 Å². The molecule has 0 aliphatic heterocycles. The number of benzene rings is 1. The van der Waals surface area contributed by atoms with Crippen molar-refractivity contribution in [3.05, 3.63) is 23.8 Å². The lowest BCUT2D eigenvalue weighted by Crippen LogP contribution is -2.23. The van der Waals surface area contributed by atoms with Crippen LogP contribution in [0.25, 0.3) is 0 Å². The molecule has 1 saturated carbocycles. The van der Waals surface area contributed by atoms with Crippen LogP contribution in [0.3, 0.4) is 0 Å². The Labute approximate surface area is 114 Å². The van der Waals surface area contributed by atoms with E-state index in [1.54, 1.807) is 12.1 Å². The highest BCUT2D eigenvalue weighted by atomic mass is 16.1. The standard InChI is InChI=1S/C15H23N3O/c1-2-17-15(19)12-7-8-13(16)14(9-12)18-10-11-5-3-4-6-11/h7-9,11,18H,2-6,10,16H2,1H3,(H,17,19). The molecule has 0 bridgehead atoms. The van der Waals surface area contributed by atoms with Crippen molar-refractivity contribution in [3.8, 4) is 0 Å². The van der Waals surface area contributed by atoms with Crippen LogP contribution < -0.4 is 16.4 Å². The molecule has 104 valence electrons. The molecule has 1 aliphatic carbocycles. The number of nitrogens with two attached hydrogens (primary N) is 1. The lowest BCUT2D eigenvalue weighted by Gasteiger charge is -2.14. The molecule has 1 aromatic rings. The molecule has 1 aromatic carbocycles. The molecular weight excluding hydrogens is 238 g/mol. The van der Waals surface area contributed by atoms with Gasteiger partial charge in [-0.25, -0.2) is 0 Å². The number of anilines is 2. The van der Waals surface area contributed by atoms with E-state index in [0.29, 0.717) is 17.8 Å². The molecule has 0 atom stereocenters. The van der Waals surface area contributed by atoms with Crippen LogP contribution in [-0.2, 0) is 0 Å². The van der Waals surface area contributed by atoms with Crippen molar-refractivity contribution in [1.82, 2.24) is 5.32 Å². The van der Waals surface area contributed by atoms with E-state index in [9.17, 15) is 4.79 Å². The molecule has 0 aromatic heterocycles. The van der Waals surface area contributed by atoms with Crippen LogP contribution in [0, 0.1) is 5.92 Å². The first-order valence-electron chi connectivity index (χ1n) is 7.12. The molecule has 0 radical (unpaired) electrons. The van der Waals surface area contributed by atoms with Crippen molar-refractivity contribution in [3.63, 3.8) is 0 Å². The summed E-state index contributed by atoms with van der Waals surface area (Å²) in [6, 6.07) is 5.40. The van der Waals surface area contributed by atoms with E-state index in [4.69, 9.17) is 5.73 Å². The summed E-state index contributed by atoms with van der Waals surface area (Å²) in [6.45, 7) is 3.49. The molecule has 1 aliphatic rings. The smallest absolute Gasteiger partial charge is 0.251 e. The molecule has 4 heteroatoms. The quantitative estimate of drug-likeness (QED) is 0.714. The van der Waals surface area contributed by atoms with E-state index in [1.807, 2.05) is 13.0 Å². The average Bonchev–Trinajstić information content (AvgIpc) is 2.91. The Balaban J connectivity index is 2.01. The monoisotopic (exact) mass is 261 g/mol. The Morgan fingerprint density at radius 2 is 2.11 bits per heavy atom. The first-order chi connectivity index (χ1) is 9.20. The van der Waals surface area contributed by atoms with Gasteiger partial charge in [-0.3, -0.25) is 4.79 Å². The second kappa shape index (κ2) is 6.45. The van der Waals surface area contributed by atoms with E-state index < -0.39 is 0 Å². The lowest BCUT2D eigenvalue weighted by molar-refractivity contribution is 0.0956. The second-order valence-electron chi connectivity index (χ2n) is 5.19. The van der Waals surface area contributed by atoms with Gasteiger partial charge < -0.3 is 16.4 Å². The average molecular weight is 261 g/mol. The molecule has 0 unspecified atom stereocenters. The highest BCUT2D eigenvalue weighted by Crippen LogP contribution is 2.26. The summed E-state index contributed by atoms with van der Waals surface area (Å²) in [7, 11) is 0. The fourth-order valence-corrected chi connectivity index (χ4v) is 2.58. The molecule has 2 rings (SSSR count). The van der Waals surface area contributed by atoms with Crippen LogP contribution in [0.2, 0.25) is 0 Å². The number of hydrogen-bond acceptors (Lipinski definition) is 3. The van der Waals surface area contributed by atoms with Gasteiger partial charge in [-0.2, -0.15) is 0 Å². The SMILES string of the molecule is CCNC(=O)c1ccc(N)c(NCC2CCCC2)c1. The van der Waals surface area contributed by atoms with Gasteiger partial charge in [-0.15, -0.1) is 0 Å². The zero-order valence-corrected chi connectivity index (χ0v) is 11.5. The predicted molar refractivity (Wildman–Crippen MR) is 79.3 cm³/mol. The summed E-state index contributed by atoms with van der Waals surface area (Å²) < 4.78 is 0. The van der Waals surface area contributed by atoms with Crippen molar-refractivity contribution >= 4 is 17.3 Å². The Kier molecular flexibility index (Phi) is 4.66. The molecule has 0 heterocycles. The van der Waals surface area contributed by atoms with Crippen LogP contribution in [0.15, 0.2) is 18.2 Å². The summed E-state index contributed by atoms with van der Waals surface area (Å²) in [5, 5.41) is 6.19. The third-order valence-corrected chi connectivity index (χ3v) is 3.71. The number of nitrogen functional groups attached to an aromatic ring is 1. The van der Waals surface area contributed by atoms with Gasteiger partial charge in [0, 0.05) is 18.7 Å². The second-order valence-corrected chi connectivity index (χ2v) is 5.19. The van der Waals surface area contributed by atoms with E-state index in [0.717, 1.165) is 18.2 Å². The van der Waals surface area contributed by atoms with Crippen molar-refractivity contribution in [1.29, 1.82) is 0 Å². The summed E-state index contributed by atoms with van der Waals surface area (Å²) >= 11 is 0. The van der Waals surface area contributed by atoms with Gasteiger partial charge >= 0.3 is 0 Å². The molecular formula is C15H23N3O.